The molecule has 0 saturated heterocycles. The van der Waals surface area contributed by atoms with E-state index in [4.69, 9.17) is 9.84 Å². The lowest BCUT2D eigenvalue weighted by molar-refractivity contribution is 0.143. The first-order chi connectivity index (χ1) is 8.19. The van der Waals surface area contributed by atoms with E-state index in [1.165, 1.54) is 11.1 Å². The molecule has 0 aromatic heterocycles. The van der Waals surface area contributed by atoms with Gasteiger partial charge in [0.2, 0.25) is 0 Å². The Kier molecular flexibility index (Phi) is 6.19. The minimum atomic E-state index is 0.182. The molecule has 2 atom stereocenters. The van der Waals surface area contributed by atoms with Gasteiger partial charge in [-0.25, -0.2) is 0 Å². The number of nitrogens with one attached hydrogen (secondary N) is 1. The van der Waals surface area contributed by atoms with Crippen LogP contribution in [0.2, 0.25) is 0 Å². The number of ether oxygens (including phenoxy) is 1. The molecule has 2 unspecified atom stereocenters. The van der Waals surface area contributed by atoms with E-state index >= 15 is 0 Å². The summed E-state index contributed by atoms with van der Waals surface area (Å²) in [5.41, 5.74) is 2.58. The van der Waals surface area contributed by atoms with Crippen molar-refractivity contribution in [1.82, 2.24) is 5.32 Å². The summed E-state index contributed by atoms with van der Waals surface area (Å²) >= 11 is 0. The molecule has 2 N–H and O–H groups in total. The summed E-state index contributed by atoms with van der Waals surface area (Å²) in [4.78, 5) is 0. The minimum Gasteiger partial charge on any atom is -0.396 e. The molecule has 3 heteroatoms. The summed E-state index contributed by atoms with van der Waals surface area (Å²) in [6.07, 6.45) is 0.712. The van der Waals surface area contributed by atoms with Crippen molar-refractivity contribution in [3.63, 3.8) is 0 Å². The zero-order chi connectivity index (χ0) is 12.7. The van der Waals surface area contributed by atoms with E-state index in [-0.39, 0.29) is 18.7 Å². The molecule has 0 aliphatic heterocycles. The van der Waals surface area contributed by atoms with Crippen LogP contribution >= 0.6 is 0 Å². The van der Waals surface area contributed by atoms with Crippen molar-refractivity contribution < 1.29 is 9.84 Å². The third-order valence-electron chi connectivity index (χ3n) is 2.99. The fraction of sp³-hybridized carbons (Fsp3) is 0.571. The lowest BCUT2D eigenvalue weighted by Crippen LogP contribution is -2.36. The molecule has 1 aromatic carbocycles. The second-order valence-electron chi connectivity index (χ2n) is 4.41. The van der Waals surface area contributed by atoms with Crippen molar-refractivity contribution in [2.24, 2.45) is 0 Å². The lowest BCUT2D eigenvalue weighted by atomic mass is 10.0. The Bertz CT molecular complexity index is 322. The Hall–Kier alpha value is -0.900. The maximum Gasteiger partial charge on any atom is 0.0616 e. The Labute approximate surface area is 104 Å². The van der Waals surface area contributed by atoms with Crippen molar-refractivity contribution in [3.8, 4) is 0 Å². The number of rotatable bonds is 7. The van der Waals surface area contributed by atoms with Gasteiger partial charge in [0, 0.05) is 25.8 Å². The fourth-order valence-corrected chi connectivity index (χ4v) is 2.09. The normalized spacial score (nSPS) is 14.6. The van der Waals surface area contributed by atoms with Crippen LogP contribution in [0.5, 0.6) is 0 Å². The van der Waals surface area contributed by atoms with Crippen molar-refractivity contribution >= 4 is 0 Å². The highest BCUT2D eigenvalue weighted by atomic mass is 16.5. The molecule has 0 aliphatic rings. The van der Waals surface area contributed by atoms with Crippen LogP contribution in [-0.4, -0.2) is 31.5 Å². The SMILES string of the molecule is COCC(CCO)NC(C)c1ccccc1C. The third-order valence-corrected chi connectivity index (χ3v) is 2.99. The van der Waals surface area contributed by atoms with Gasteiger partial charge in [-0.2, -0.15) is 0 Å². The number of aliphatic hydroxyl groups excluding tert-OH is 1. The predicted octanol–water partition coefficient (Wildman–Crippen LogP) is 2.04. The Morgan fingerprint density at radius 3 is 2.65 bits per heavy atom. The zero-order valence-corrected chi connectivity index (χ0v) is 10.9. The molecule has 1 aromatic rings. The highest BCUT2D eigenvalue weighted by Gasteiger charge is 2.13. The van der Waals surface area contributed by atoms with Gasteiger partial charge in [0.05, 0.1) is 6.61 Å². The highest BCUT2D eigenvalue weighted by Crippen LogP contribution is 2.17. The second kappa shape index (κ2) is 7.43. The Balaban J connectivity index is 2.63. The molecular weight excluding hydrogens is 214 g/mol. The molecule has 3 nitrogen and oxygen atoms in total. The quantitative estimate of drug-likeness (QED) is 0.762. The average Bonchev–Trinajstić information content (AvgIpc) is 2.30. The number of aryl methyl sites for hydroxylation is 1. The molecule has 1 rings (SSSR count). The van der Waals surface area contributed by atoms with E-state index in [1.54, 1.807) is 7.11 Å². The van der Waals surface area contributed by atoms with Gasteiger partial charge >= 0.3 is 0 Å². The summed E-state index contributed by atoms with van der Waals surface area (Å²) in [7, 11) is 1.69. The first kappa shape index (κ1) is 14.2. The summed E-state index contributed by atoms with van der Waals surface area (Å²) in [6.45, 7) is 5.06. The fourth-order valence-electron chi connectivity index (χ4n) is 2.09. The molecule has 0 heterocycles. The number of hydrogen-bond acceptors (Lipinski definition) is 3. The molecule has 0 fully saturated rings. The standard InChI is InChI=1S/C14H23NO2/c1-11-6-4-5-7-14(11)12(2)15-13(8-9-16)10-17-3/h4-7,12-13,15-16H,8-10H2,1-3H3. The maximum atomic E-state index is 9.01. The van der Waals surface area contributed by atoms with Crippen molar-refractivity contribution in [1.29, 1.82) is 0 Å². The zero-order valence-electron chi connectivity index (χ0n) is 10.9. The topological polar surface area (TPSA) is 41.5 Å². The smallest absolute Gasteiger partial charge is 0.0616 e. The molecule has 96 valence electrons. The van der Waals surface area contributed by atoms with Crippen LogP contribution in [0, 0.1) is 6.92 Å². The minimum absolute atomic E-state index is 0.182. The molecule has 0 aliphatic carbocycles. The summed E-state index contributed by atoms with van der Waals surface area (Å²) in [5.74, 6) is 0. The van der Waals surface area contributed by atoms with E-state index in [9.17, 15) is 0 Å². The summed E-state index contributed by atoms with van der Waals surface area (Å²) < 4.78 is 5.15. The van der Waals surface area contributed by atoms with E-state index in [2.05, 4.69) is 37.4 Å². The van der Waals surface area contributed by atoms with Gasteiger partial charge < -0.3 is 15.2 Å². The molecule has 17 heavy (non-hydrogen) atoms. The summed E-state index contributed by atoms with van der Waals surface area (Å²) in [5, 5.41) is 12.5. The van der Waals surface area contributed by atoms with Gasteiger partial charge in [-0.1, -0.05) is 24.3 Å². The average molecular weight is 237 g/mol. The predicted molar refractivity (Wildman–Crippen MR) is 70.1 cm³/mol. The largest absolute Gasteiger partial charge is 0.396 e. The number of benzene rings is 1. The van der Waals surface area contributed by atoms with Gasteiger partial charge in [0.25, 0.3) is 0 Å². The molecular formula is C14H23NO2. The number of hydrogen-bond donors (Lipinski definition) is 2. The van der Waals surface area contributed by atoms with E-state index in [1.807, 2.05) is 6.07 Å². The van der Waals surface area contributed by atoms with Crippen LogP contribution < -0.4 is 5.32 Å². The van der Waals surface area contributed by atoms with Crippen molar-refractivity contribution in [2.45, 2.75) is 32.4 Å². The van der Waals surface area contributed by atoms with Gasteiger partial charge in [0.15, 0.2) is 0 Å². The summed E-state index contributed by atoms with van der Waals surface area (Å²) in [6, 6.07) is 8.81. The third kappa shape index (κ3) is 4.46. The van der Waals surface area contributed by atoms with E-state index in [0.717, 1.165) is 0 Å². The number of methoxy groups -OCH3 is 1. The monoisotopic (exact) mass is 237 g/mol. The lowest BCUT2D eigenvalue weighted by Gasteiger charge is -2.23. The molecule has 0 saturated carbocycles. The Morgan fingerprint density at radius 1 is 1.35 bits per heavy atom. The van der Waals surface area contributed by atoms with Crippen LogP contribution in [0.25, 0.3) is 0 Å². The molecule has 0 radical (unpaired) electrons. The molecule has 0 bridgehead atoms. The first-order valence-electron chi connectivity index (χ1n) is 6.10. The number of aliphatic hydroxyl groups is 1. The molecule has 0 amide bonds. The second-order valence-corrected chi connectivity index (χ2v) is 4.41. The van der Waals surface area contributed by atoms with Gasteiger partial charge in [0.1, 0.15) is 0 Å². The molecule has 0 spiro atoms. The van der Waals surface area contributed by atoms with Crippen LogP contribution in [-0.2, 0) is 4.74 Å². The van der Waals surface area contributed by atoms with Gasteiger partial charge in [-0.15, -0.1) is 0 Å². The van der Waals surface area contributed by atoms with E-state index < -0.39 is 0 Å². The van der Waals surface area contributed by atoms with Crippen molar-refractivity contribution in [3.05, 3.63) is 35.4 Å². The van der Waals surface area contributed by atoms with Crippen LogP contribution in [0.1, 0.15) is 30.5 Å². The van der Waals surface area contributed by atoms with Crippen LogP contribution in [0.3, 0.4) is 0 Å². The van der Waals surface area contributed by atoms with Crippen LogP contribution in [0.4, 0.5) is 0 Å². The first-order valence-corrected chi connectivity index (χ1v) is 6.10. The van der Waals surface area contributed by atoms with E-state index in [0.29, 0.717) is 13.0 Å². The maximum absolute atomic E-state index is 9.01. The Morgan fingerprint density at radius 2 is 2.06 bits per heavy atom. The van der Waals surface area contributed by atoms with Crippen LogP contribution in [0.15, 0.2) is 24.3 Å². The highest BCUT2D eigenvalue weighted by molar-refractivity contribution is 5.28. The van der Waals surface area contributed by atoms with Crippen molar-refractivity contribution in [2.75, 3.05) is 20.3 Å². The van der Waals surface area contributed by atoms with Gasteiger partial charge in [-0.05, 0) is 31.4 Å². The van der Waals surface area contributed by atoms with Gasteiger partial charge in [-0.3, -0.25) is 0 Å².